The lowest BCUT2D eigenvalue weighted by atomic mass is 10.2. The number of H-pyrrole nitrogens is 1. The summed E-state index contributed by atoms with van der Waals surface area (Å²) in [4.78, 5) is 7.74. The van der Waals surface area contributed by atoms with Crippen LogP contribution in [0.15, 0.2) is 42.5 Å². The van der Waals surface area contributed by atoms with Gasteiger partial charge in [-0.1, -0.05) is 17.7 Å². The highest BCUT2D eigenvalue weighted by molar-refractivity contribution is 6.30. The Bertz CT molecular complexity index is 704. The van der Waals surface area contributed by atoms with Crippen LogP contribution in [0.2, 0.25) is 5.02 Å². The van der Waals surface area contributed by atoms with Crippen molar-refractivity contribution in [2.75, 3.05) is 0 Å². The molecule has 0 atom stereocenters. The minimum atomic E-state index is 0.412. The fourth-order valence-corrected chi connectivity index (χ4v) is 2.05. The number of benzene rings is 2. The van der Waals surface area contributed by atoms with Gasteiger partial charge in [0.1, 0.15) is 18.2 Å². The summed E-state index contributed by atoms with van der Waals surface area (Å²) in [5.41, 5.74) is 3.20. The third kappa shape index (κ3) is 2.71. The normalized spacial score (nSPS) is 10.8. The van der Waals surface area contributed by atoms with Gasteiger partial charge in [-0.2, -0.15) is 0 Å². The summed E-state index contributed by atoms with van der Waals surface area (Å²) >= 11 is 5.82. The van der Waals surface area contributed by atoms with E-state index in [1.807, 2.05) is 24.3 Å². The van der Waals surface area contributed by atoms with Gasteiger partial charge in [-0.25, -0.2) is 4.98 Å². The van der Waals surface area contributed by atoms with Crippen LogP contribution in [0.5, 0.6) is 5.75 Å². The molecule has 0 saturated carbocycles. The third-order valence-electron chi connectivity index (χ3n) is 2.88. The number of rotatable bonds is 3. The number of aromatic amines is 1. The first-order valence-corrected chi connectivity index (χ1v) is 6.42. The highest BCUT2D eigenvalue weighted by Gasteiger charge is 2.03. The van der Waals surface area contributed by atoms with Crippen molar-refractivity contribution in [3.05, 3.63) is 58.9 Å². The molecule has 0 amide bonds. The lowest BCUT2D eigenvalue weighted by Crippen LogP contribution is -1.97. The number of halogens is 1. The predicted octanol–water partition coefficient (Wildman–Crippen LogP) is 4.10. The van der Waals surface area contributed by atoms with E-state index in [-0.39, 0.29) is 0 Å². The van der Waals surface area contributed by atoms with Gasteiger partial charge >= 0.3 is 0 Å². The summed E-state index contributed by atoms with van der Waals surface area (Å²) in [6.45, 7) is 2.47. The van der Waals surface area contributed by atoms with E-state index in [1.165, 1.54) is 5.56 Å². The molecule has 0 aliphatic rings. The monoisotopic (exact) mass is 272 g/mol. The largest absolute Gasteiger partial charge is 0.486 e. The van der Waals surface area contributed by atoms with Crippen molar-refractivity contribution in [2.45, 2.75) is 13.5 Å². The number of fused-ring (bicyclic) bond motifs is 1. The molecule has 4 heteroatoms. The van der Waals surface area contributed by atoms with Gasteiger partial charge in [0.2, 0.25) is 0 Å². The van der Waals surface area contributed by atoms with Gasteiger partial charge in [0, 0.05) is 5.02 Å². The number of nitrogens with one attached hydrogen (secondary N) is 1. The third-order valence-corrected chi connectivity index (χ3v) is 3.13. The van der Waals surface area contributed by atoms with Gasteiger partial charge in [-0.05, 0) is 48.9 Å². The Hall–Kier alpha value is -2.00. The van der Waals surface area contributed by atoms with Crippen LogP contribution in [-0.2, 0) is 6.61 Å². The van der Waals surface area contributed by atoms with Crippen LogP contribution in [0.1, 0.15) is 11.4 Å². The molecule has 3 rings (SSSR count). The summed E-state index contributed by atoms with van der Waals surface area (Å²) in [5.74, 6) is 1.59. The fourth-order valence-electron chi connectivity index (χ4n) is 1.93. The Balaban J connectivity index is 1.76. The molecule has 0 saturated heterocycles. The number of aromatic nitrogens is 2. The Labute approximate surface area is 116 Å². The van der Waals surface area contributed by atoms with E-state index in [9.17, 15) is 0 Å². The highest BCUT2D eigenvalue weighted by atomic mass is 35.5. The van der Waals surface area contributed by atoms with Gasteiger partial charge in [0.25, 0.3) is 0 Å². The van der Waals surface area contributed by atoms with Gasteiger partial charge in [-0.3, -0.25) is 0 Å². The second-order valence-corrected chi connectivity index (χ2v) is 4.88. The molecule has 3 nitrogen and oxygen atoms in total. The van der Waals surface area contributed by atoms with E-state index in [0.717, 1.165) is 22.6 Å². The fraction of sp³-hybridized carbons (Fsp3) is 0.133. The van der Waals surface area contributed by atoms with Crippen LogP contribution < -0.4 is 4.74 Å². The molecular weight excluding hydrogens is 260 g/mol. The minimum Gasteiger partial charge on any atom is -0.486 e. The second-order valence-electron chi connectivity index (χ2n) is 4.45. The zero-order chi connectivity index (χ0) is 13.2. The van der Waals surface area contributed by atoms with Crippen LogP contribution in [0, 0.1) is 6.92 Å². The molecule has 0 spiro atoms. The van der Waals surface area contributed by atoms with Gasteiger partial charge < -0.3 is 9.72 Å². The van der Waals surface area contributed by atoms with Gasteiger partial charge in [0.05, 0.1) is 11.0 Å². The van der Waals surface area contributed by atoms with Crippen LogP contribution >= 0.6 is 11.6 Å². The van der Waals surface area contributed by atoms with Crippen molar-refractivity contribution in [2.24, 2.45) is 0 Å². The molecule has 19 heavy (non-hydrogen) atoms. The molecule has 0 aliphatic heterocycles. The van der Waals surface area contributed by atoms with Crippen molar-refractivity contribution in [3.8, 4) is 5.75 Å². The summed E-state index contributed by atoms with van der Waals surface area (Å²) < 4.78 is 5.65. The topological polar surface area (TPSA) is 37.9 Å². The zero-order valence-corrected chi connectivity index (χ0v) is 11.2. The molecule has 0 radical (unpaired) electrons. The summed E-state index contributed by atoms with van der Waals surface area (Å²) in [7, 11) is 0. The first-order valence-electron chi connectivity index (χ1n) is 6.04. The second kappa shape index (κ2) is 4.94. The van der Waals surface area contributed by atoms with E-state index in [1.54, 1.807) is 12.1 Å². The number of nitrogens with zero attached hydrogens (tertiary/aromatic N) is 1. The van der Waals surface area contributed by atoms with Crippen molar-refractivity contribution in [1.29, 1.82) is 0 Å². The zero-order valence-electron chi connectivity index (χ0n) is 10.5. The highest BCUT2D eigenvalue weighted by Crippen LogP contribution is 2.18. The molecule has 0 bridgehead atoms. The Morgan fingerprint density at radius 2 is 1.95 bits per heavy atom. The van der Waals surface area contributed by atoms with Crippen LogP contribution in [0.3, 0.4) is 0 Å². The number of hydrogen-bond donors (Lipinski definition) is 1. The summed E-state index contributed by atoms with van der Waals surface area (Å²) in [5, 5.41) is 0.701. The molecule has 3 aromatic rings. The minimum absolute atomic E-state index is 0.412. The lowest BCUT2D eigenvalue weighted by molar-refractivity contribution is 0.297. The Morgan fingerprint density at radius 3 is 2.74 bits per heavy atom. The maximum Gasteiger partial charge on any atom is 0.146 e. The van der Waals surface area contributed by atoms with Crippen molar-refractivity contribution < 1.29 is 4.74 Å². The van der Waals surface area contributed by atoms with E-state index >= 15 is 0 Å². The smallest absolute Gasteiger partial charge is 0.146 e. The van der Waals surface area contributed by atoms with E-state index in [2.05, 4.69) is 23.0 Å². The molecule has 1 N–H and O–H groups in total. The number of aryl methyl sites for hydroxylation is 1. The first-order chi connectivity index (χ1) is 9.20. The SMILES string of the molecule is Cc1ccc2nc(COc3ccc(Cl)cc3)[nH]c2c1. The summed E-state index contributed by atoms with van der Waals surface area (Å²) in [6, 6.07) is 13.4. The number of ether oxygens (including phenoxy) is 1. The maximum atomic E-state index is 5.82. The lowest BCUT2D eigenvalue weighted by Gasteiger charge is -2.03. The van der Waals surface area contributed by atoms with Crippen molar-refractivity contribution in [1.82, 2.24) is 9.97 Å². The Morgan fingerprint density at radius 1 is 1.16 bits per heavy atom. The number of hydrogen-bond acceptors (Lipinski definition) is 2. The molecule has 1 aromatic heterocycles. The number of imidazole rings is 1. The molecule has 1 heterocycles. The van der Waals surface area contributed by atoms with Crippen LogP contribution in [0.25, 0.3) is 11.0 Å². The molecule has 96 valence electrons. The van der Waals surface area contributed by atoms with Gasteiger partial charge in [0.15, 0.2) is 0 Å². The molecular formula is C15H13ClN2O. The van der Waals surface area contributed by atoms with Crippen LogP contribution in [-0.4, -0.2) is 9.97 Å². The molecule has 2 aromatic carbocycles. The molecule has 0 fully saturated rings. The van der Waals surface area contributed by atoms with Crippen molar-refractivity contribution in [3.63, 3.8) is 0 Å². The van der Waals surface area contributed by atoms with E-state index < -0.39 is 0 Å². The molecule has 0 unspecified atom stereocenters. The average molecular weight is 273 g/mol. The maximum absolute atomic E-state index is 5.82. The van der Waals surface area contributed by atoms with Gasteiger partial charge in [-0.15, -0.1) is 0 Å². The standard InChI is InChI=1S/C15H13ClN2O/c1-10-2-7-13-14(8-10)18-15(17-13)9-19-12-5-3-11(16)4-6-12/h2-8H,9H2,1H3,(H,17,18). The van der Waals surface area contributed by atoms with Crippen molar-refractivity contribution >= 4 is 22.6 Å². The summed E-state index contributed by atoms with van der Waals surface area (Å²) in [6.07, 6.45) is 0. The first kappa shape index (κ1) is 12.1. The average Bonchev–Trinajstić information content (AvgIpc) is 2.80. The molecule has 0 aliphatic carbocycles. The van der Waals surface area contributed by atoms with E-state index in [4.69, 9.17) is 16.3 Å². The predicted molar refractivity (Wildman–Crippen MR) is 76.6 cm³/mol. The van der Waals surface area contributed by atoms with E-state index in [0.29, 0.717) is 11.6 Å². The quantitative estimate of drug-likeness (QED) is 0.779. The Kier molecular flexibility index (Phi) is 3.13. The van der Waals surface area contributed by atoms with Crippen LogP contribution in [0.4, 0.5) is 0 Å².